The molecule has 0 atom stereocenters. The molecular formula is C13H18N4O. The number of nitrogens with zero attached hydrogens (tertiary/aromatic N) is 3. The third kappa shape index (κ3) is 2.17. The molecule has 0 spiro atoms. The van der Waals surface area contributed by atoms with Crippen LogP contribution in [0.5, 0.6) is 0 Å². The number of amides is 1. The van der Waals surface area contributed by atoms with Crippen molar-refractivity contribution in [2.75, 3.05) is 18.4 Å². The monoisotopic (exact) mass is 246 g/mol. The van der Waals surface area contributed by atoms with E-state index in [0.29, 0.717) is 11.9 Å². The van der Waals surface area contributed by atoms with Crippen molar-refractivity contribution >= 4 is 11.7 Å². The van der Waals surface area contributed by atoms with Crippen LogP contribution in [-0.4, -0.2) is 39.9 Å². The van der Waals surface area contributed by atoms with Gasteiger partial charge in [0.1, 0.15) is 12.1 Å². The molecule has 1 aliphatic carbocycles. The predicted octanol–water partition coefficient (Wildman–Crippen LogP) is 1.21. The lowest BCUT2D eigenvalue weighted by atomic mass is 9.79. The van der Waals surface area contributed by atoms with E-state index in [1.165, 1.54) is 6.42 Å². The summed E-state index contributed by atoms with van der Waals surface area (Å²) >= 11 is 0. The quantitative estimate of drug-likeness (QED) is 0.871. The van der Waals surface area contributed by atoms with E-state index in [9.17, 15) is 4.79 Å². The summed E-state index contributed by atoms with van der Waals surface area (Å²) in [4.78, 5) is 22.1. The van der Waals surface area contributed by atoms with Gasteiger partial charge in [-0.15, -0.1) is 0 Å². The van der Waals surface area contributed by atoms with Gasteiger partial charge in [0.2, 0.25) is 5.91 Å². The summed E-state index contributed by atoms with van der Waals surface area (Å²) < 4.78 is 0. The van der Waals surface area contributed by atoms with Gasteiger partial charge in [0.25, 0.3) is 0 Å². The fourth-order valence-electron chi connectivity index (χ4n) is 2.47. The largest absolute Gasteiger partial charge is 0.367 e. The van der Waals surface area contributed by atoms with Gasteiger partial charge in [0.05, 0.1) is 0 Å². The number of hydrogen-bond acceptors (Lipinski definition) is 4. The van der Waals surface area contributed by atoms with Gasteiger partial charge < -0.3 is 10.2 Å². The van der Waals surface area contributed by atoms with E-state index in [1.54, 1.807) is 6.33 Å². The molecular weight excluding hydrogens is 228 g/mol. The minimum absolute atomic E-state index is 0.228. The molecule has 0 radical (unpaired) electrons. The van der Waals surface area contributed by atoms with Crippen molar-refractivity contribution in [3.8, 4) is 0 Å². The van der Waals surface area contributed by atoms with Crippen LogP contribution in [-0.2, 0) is 4.79 Å². The average molecular weight is 246 g/mol. The van der Waals surface area contributed by atoms with Crippen molar-refractivity contribution in [1.29, 1.82) is 0 Å². The molecule has 1 aromatic rings. The minimum Gasteiger partial charge on any atom is -0.367 e. The number of nitrogens with one attached hydrogen (secondary N) is 1. The number of rotatable bonds is 3. The first-order valence-electron chi connectivity index (χ1n) is 6.56. The summed E-state index contributed by atoms with van der Waals surface area (Å²) in [6, 6.07) is 2.32. The zero-order valence-electron chi connectivity index (χ0n) is 10.6. The molecule has 18 heavy (non-hydrogen) atoms. The van der Waals surface area contributed by atoms with Gasteiger partial charge in [-0.05, 0) is 26.2 Å². The van der Waals surface area contributed by atoms with Gasteiger partial charge in [-0.3, -0.25) is 4.79 Å². The lowest BCUT2D eigenvalue weighted by molar-refractivity contribution is -0.142. The molecule has 0 bridgehead atoms. The summed E-state index contributed by atoms with van der Waals surface area (Å²) in [6.45, 7) is 3.86. The molecule has 5 heteroatoms. The lowest BCUT2D eigenvalue weighted by Crippen LogP contribution is -2.50. The van der Waals surface area contributed by atoms with E-state index in [-0.39, 0.29) is 5.92 Å². The van der Waals surface area contributed by atoms with Crippen LogP contribution in [0.25, 0.3) is 0 Å². The summed E-state index contributed by atoms with van der Waals surface area (Å²) in [5.74, 6) is 1.44. The summed E-state index contributed by atoms with van der Waals surface area (Å²) in [6.07, 6.45) is 4.59. The van der Waals surface area contributed by atoms with E-state index in [0.717, 1.165) is 37.4 Å². The average Bonchev–Trinajstić information content (AvgIpc) is 2.20. The highest BCUT2D eigenvalue weighted by Gasteiger charge is 2.38. The first-order valence-corrected chi connectivity index (χ1v) is 6.56. The van der Waals surface area contributed by atoms with Crippen LogP contribution >= 0.6 is 0 Å². The SMILES string of the molecule is Cc1cc(N[C@H]2C[C@@H](C(=O)N3CCC3)C2)ncn1. The maximum Gasteiger partial charge on any atom is 0.225 e. The maximum atomic E-state index is 11.9. The Morgan fingerprint density at radius 1 is 1.39 bits per heavy atom. The second-order valence-electron chi connectivity index (χ2n) is 5.23. The molecule has 1 aromatic heterocycles. The molecule has 0 aromatic carbocycles. The van der Waals surface area contributed by atoms with Gasteiger partial charge in [-0.1, -0.05) is 0 Å². The number of carbonyl (C=O) groups is 1. The second-order valence-corrected chi connectivity index (χ2v) is 5.23. The number of aromatic nitrogens is 2. The molecule has 96 valence electrons. The van der Waals surface area contributed by atoms with Crippen molar-refractivity contribution in [1.82, 2.24) is 14.9 Å². The Bertz CT molecular complexity index is 452. The fraction of sp³-hybridized carbons (Fsp3) is 0.615. The predicted molar refractivity (Wildman–Crippen MR) is 68.1 cm³/mol. The molecule has 3 rings (SSSR count). The molecule has 1 aliphatic heterocycles. The molecule has 5 nitrogen and oxygen atoms in total. The summed E-state index contributed by atoms with van der Waals surface area (Å²) in [5, 5.41) is 3.36. The van der Waals surface area contributed by atoms with Gasteiger partial charge in [0.15, 0.2) is 0 Å². The first-order chi connectivity index (χ1) is 8.72. The second kappa shape index (κ2) is 4.55. The minimum atomic E-state index is 0.228. The number of anilines is 1. The zero-order chi connectivity index (χ0) is 12.5. The Balaban J connectivity index is 1.49. The molecule has 1 saturated carbocycles. The number of hydrogen-bond donors (Lipinski definition) is 1. The standard InChI is InChI=1S/C13H18N4O/c1-9-5-12(15-8-14-9)16-11-6-10(7-11)13(18)17-3-2-4-17/h5,8,10-11H,2-4,6-7H2,1H3,(H,14,15,16)/t10-,11+. The Kier molecular flexibility index (Phi) is 2.89. The van der Waals surface area contributed by atoms with Gasteiger partial charge in [-0.25, -0.2) is 9.97 Å². The van der Waals surface area contributed by atoms with Gasteiger partial charge >= 0.3 is 0 Å². The van der Waals surface area contributed by atoms with Crippen LogP contribution < -0.4 is 5.32 Å². The maximum absolute atomic E-state index is 11.9. The van der Waals surface area contributed by atoms with Crippen molar-refractivity contribution in [3.63, 3.8) is 0 Å². The van der Waals surface area contributed by atoms with Crippen LogP contribution in [0, 0.1) is 12.8 Å². The molecule has 0 unspecified atom stereocenters. The van der Waals surface area contributed by atoms with Crippen LogP contribution in [0.15, 0.2) is 12.4 Å². The molecule has 2 fully saturated rings. The van der Waals surface area contributed by atoms with E-state index >= 15 is 0 Å². The van der Waals surface area contributed by atoms with E-state index < -0.39 is 0 Å². The Hall–Kier alpha value is -1.65. The highest BCUT2D eigenvalue weighted by atomic mass is 16.2. The van der Waals surface area contributed by atoms with Crippen LogP contribution in [0.4, 0.5) is 5.82 Å². The third-order valence-corrected chi connectivity index (χ3v) is 3.81. The van der Waals surface area contributed by atoms with Crippen LogP contribution in [0.2, 0.25) is 0 Å². The number of aryl methyl sites for hydroxylation is 1. The van der Waals surface area contributed by atoms with Crippen molar-refractivity contribution in [2.24, 2.45) is 5.92 Å². The van der Waals surface area contributed by atoms with Crippen LogP contribution in [0.3, 0.4) is 0 Å². The summed E-state index contributed by atoms with van der Waals surface area (Å²) in [5.41, 5.74) is 0.958. The molecule has 1 amide bonds. The fourth-order valence-corrected chi connectivity index (χ4v) is 2.47. The van der Waals surface area contributed by atoms with Crippen LogP contribution in [0.1, 0.15) is 25.0 Å². The van der Waals surface area contributed by atoms with Gasteiger partial charge in [-0.2, -0.15) is 0 Å². The third-order valence-electron chi connectivity index (χ3n) is 3.81. The summed E-state index contributed by atoms with van der Waals surface area (Å²) in [7, 11) is 0. The number of likely N-dealkylation sites (tertiary alicyclic amines) is 1. The van der Waals surface area contributed by atoms with Gasteiger partial charge in [0, 0.05) is 36.8 Å². The Labute approximate surface area is 107 Å². The van der Waals surface area contributed by atoms with Crippen molar-refractivity contribution < 1.29 is 4.79 Å². The molecule has 1 N–H and O–H groups in total. The van der Waals surface area contributed by atoms with E-state index in [1.807, 2.05) is 17.9 Å². The molecule has 2 aliphatic rings. The van der Waals surface area contributed by atoms with E-state index in [2.05, 4.69) is 15.3 Å². The smallest absolute Gasteiger partial charge is 0.225 e. The highest BCUT2D eigenvalue weighted by molar-refractivity contribution is 5.80. The number of carbonyl (C=O) groups excluding carboxylic acids is 1. The van der Waals surface area contributed by atoms with Crippen molar-refractivity contribution in [3.05, 3.63) is 18.1 Å². The molecule has 1 saturated heterocycles. The first kappa shape index (κ1) is 11.4. The Morgan fingerprint density at radius 3 is 2.78 bits per heavy atom. The normalized spacial score (nSPS) is 26.2. The molecule has 2 heterocycles. The topological polar surface area (TPSA) is 58.1 Å². The zero-order valence-corrected chi connectivity index (χ0v) is 10.6. The lowest BCUT2D eigenvalue weighted by Gasteiger charge is -2.41. The Morgan fingerprint density at radius 2 is 2.17 bits per heavy atom. The highest BCUT2D eigenvalue weighted by Crippen LogP contribution is 2.32. The van der Waals surface area contributed by atoms with E-state index in [4.69, 9.17) is 0 Å². The van der Waals surface area contributed by atoms with Crippen molar-refractivity contribution in [2.45, 2.75) is 32.2 Å².